The molecule has 0 bridgehead atoms. The first-order valence-electron chi connectivity index (χ1n) is 6.18. The van der Waals surface area contributed by atoms with E-state index in [-0.39, 0.29) is 18.0 Å². The number of imidazole rings is 1. The molecular weight excluding hydrogens is 226 g/mol. The second-order valence-corrected chi connectivity index (χ2v) is 5.16. The number of fused-ring (bicyclic) bond motifs is 3. The quantitative estimate of drug-likeness (QED) is 0.700. The SMILES string of the molecule is CC1=C(C)C2C(C=C1)n1cnc(C)c1C(=O)N2C. The van der Waals surface area contributed by atoms with Crippen LogP contribution in [0.4, 0.5) is 0 Å². The Morgan fingerprint density at radius 2 is 2.00 bits per heavy atom. The van der Waals surface area contributed by atoms with Gasteiger partial charge in [0.25, 0.3) is 5.91 Å². The maximum absolute atomic E-state index is 12.4. The first-order chi connectivity index (χ1) is 8.52. The molecule has 0 fully saturated rings. The summed E-state index contributed by atoms with van der Waals surface area (Å²) in [6, 6.07) is 0.288. The molecule has 0 aromatic carbocycles. The fourth-order valence-electron chi connectivity index (χ4n) is 2.97. The smallest absolute Gasteiger partial charge is 0.272 e. The standard InChI is InChI=1S/C14H17N3O/c1-8-5-6-11-12(9(8)2)16(4)14(18)13-10(3)15-7-17(11)13/h5-7,11-12H,1-4H3. The lowest BCUT2D eigenvalue weighted by Crippen LogP contribution is -2.49. The summed E-state index contributed by atoms with van der Waals surface area (Å²) >= 11 is 0. The van der Waals surface area contributed by atoms with Crippen molar-refractivity contribution in [2.75, 3.05) is 7.05 Å². The Bertz CT molecular complexity index is 594. The van der Waals surface area contributed by atoms with Gasteiger partial charge in [0.05, 0.1) is 24.1 Å². The molecule has 0 saturated carbocycles. The molecule has 18 heavy (non-hydrogen) atoms. The molecule has 94 valence electrons. The van der Waals surface area contributed by atoms with Crippen LogP contribution >= 0.6 is 0 Å². The number of aromatic nitrogens is 2. The molecule has 2 aliphatic rings. The zero-order valence-electron chi connectivity index (χ0n) is 11.1. The van der Waals surface area contributed by atoms with Crippen LogP contribution in [0.5, 0.6) is 0 Å². The monoisotopic (exact) mass is 243 g/mol. The van der Waals surface area contributed by atoms with E-state index in [0.29, 0.717) is 0 Å². The fraction of sp³-hybridized carbons (Fsp3) is 0.429. The Morgan fingerprint density at radius 3 is 2.72 bits per heavy atom. The average Bonchev–Trinajstić information content (AvgIpc) is 2.72. The number of amides is 1. The van der Waals surface area contributed by atoms with Gasteiger partial charge in [-0.05, 0) is 26.3 Å². The van der Waals surface area contributed by atoms with E-state index in [4.69, 9.17) is 0 Å². The van der Waals surface area contributed by atoms with E-state index in [9.17, 15) is 4.79 Å². The van der Waals surface area contributed by atoms with E-state index in [2.05, 4.69) is 31.0 Å². The summed E-state index contributed by atoms with van der Waals surface area (Å²) in [5.41, 5.74) is 4.03. The molecule has 2 unspecified atom stereocenters. The maximum Gasteiger partial charge on any atom is 0.272 e. The molecule has 0 N–H and O–H groups in total. The van der Waals surface area contributed by atoms with E-state index in [1.165, 1.54) is 11.1 Å². The summed E-state index contributed by atoms with van der Waals surface area (Å²) in [6.07, 6.45) is 6.09. The third-order valence-electron chi connectivity index (χ3n) is 4.17. The number of rotatable bonds is 0. The molecule has 0 saturated heterocycles. The maximum atomic E-state index is 12.4. The predicted octanol–water partition coefficient (Wildman–Crippen LogP) is 2.09. The van der Waals surface area contributed by atoms with Crippen LogP contribution < -0.4 is 0 Å². The topological polar surface area (TPSA) is 38.1 Å². The number of hydrogen-bond donors (Lipinski definition) is 0. The minimum absolute atomic E-state index is 0.0636. The number of nitrogens with zero attached hydrogens (tertiary/aromatic N) is 3. The first kappa shape index (κ1) is 11.3. The van der Waals surface area contributed by atoms with Crippen LogP contribution in [-0.4, -0.2) is 33.4 Å². The van der Waals surface area contributed by atoms with Crippen LogP contribution in [0.1, 0.15) is 36.1 Å². The highest BCUT2D eigenvalue weighted by molar-refractivity contribution is 5.95. The van der Waals surface area contributed by atoms with Gasteiger partial charge in [-0.15, -0.1) is 0 Å². The highest BCUT2D eigenvalue weighted by atomic mass is 16.2. The predicted molar refractivity (Wildman–Crippen MR) is 69.4 cm³/mol. The van der Waals surface area contributed by atoms with Crippen molar-refractivity contribution in [3.8, 4) is 0 Å². The summed E-state index contributed by atoms with van der Waals surface area (Å²) in [6.45, 7) is 6.09. The summed E-state index contributed by atoms with van der Waals surface area (Å²) in [7, 11) is 1.88. The van der Waals surface area contributed by atoms with E-state index < -0.39 is 0 Å². The number of hydrogen-bond acceptors (Lipinski definition) is 2. The largest absolute Gasteiger partial charge is 0.331 e. The van der Waals surface area contributed by atoms with E-state index in [0.717, 1.165) is 11.4 Å². The van der Waals surface area contributed by atoms with Crippen LogP contribution in [0.15, 0.2) is 29.6 Å². The molecule has 0 radical (unpaired) electrons. The molecule has 2 heterocycles. The van der Waals surface area contributed by atoms with Crippen LogP contribution in [-0.2, 0) is 0 Å². The summed E-state index contributed by atoms with van der Waals surface area (Å²) < 4.78 is 2.01. The zero-order chi connectivity index (χ0) is 13.0. The molecule has 0 spiro atoms. The van der Waals surface area contributed by atoms with Gasteiger partial charge in [0, 0.05) is 7.05 Å². The van der Waals surface area contributed by atoms with Crippen molar-refractivity contribution in [3.63, 3.8) is 0 Å². The Morgan fingerprint density at radius 1 is 1.28 bits per heavy atom. The molecule has 1 aromatic rings. The molecule has 4 nitrogen and oxygen atoms in total. The minimum atomic E-state index is 0.0636. The molecule has 4 heteroatoms. The summed E-state index contributed by atoms with van der Waals surface area (Å²) in [5.74, 6) is 0.0636. The number of carbonyl (C=O) groups excluding carboxylic acids is 1. The molecule has 1 amide bonds. The fourth-order valence-corrected chi connectivity index (χ4v) is 2.97. The van der Waals surface area contributed by atoms with E-state index in [1.54, 1.807) is 6.33 Å². The Hall–Kier alpha value is -1.84. The van der Waals surface area contributed by atoms with Gasteiger partial charge in [-0.1, -0.05) is 17.7 Å². The molecule has 1 aromatic heterocycles. The Kier molecular flexibility index (Phi) is 2.24. The van der Waals surface area contributed by atoms with Crippen molar-refractivity contribution < 1.29 is 4.79 Å². The van der Waals surface area contributed by atoms with Gasteiger partial charge in [-0.2, -0.15) is 0 Å². The molecular formula is C14H17N3O. The van der Waals surface area contributed by atoms with Crippen LogP contribution in [0.25, 0.3) is 0 Å². The second kappa shape index (κ2) is 3.57. The van der Waals surface area contributed by atoms with E-state index in [1.807, 2.05) is 23.4 Å². The normalized spacial score (nSPS) is 26.4. The lowest BCUT2D eigenvalue weighted by Gasteiger charge is -2.41. The number of likely N-dealkylation sites (N-methyl/N-ethyl adjacent to an activating group) is 1. The number of aryl methyl sites for hydroxylation is 1. The zero-order valence-corrected chi connectivity index (χ0v) is 11.1. The van der Waals surface area contributed by atoms with Gasteiger partial charge >= 0.3 is 0 Å². The first-order valence-corrected chi connectivity index (χ1v) is 6.18. The number of allylic oxidation sites excluding steroid dienone is 2. The van der Waals surface area contributed by atoms with Gasteiger partial charge in [0.2, 0.25) is 0 Å². The van der Waals surface area contributed by atoms with Crippen LogP contribution in [0, 0.1) is 6.92 Å². The van der Waals surface area contributed by atoms with Gasteiger partial charge in [0.15, 0.2) is 0 Å². The third-order valence-corrected chi connectivity index (χ3v) is 4.17. The van der Waals surface area contributed by atoms with Gasteiger partial charge in [0.1, 0.15) is 5.69 Å². The van der Waals surface area contributed by atoms with Crippen molar-refractivity contribution in [2.24, 2.45) is 0 Å². The van der Waals surface area contributed by atoms with Crippen molar-refractivity contribution in [3.05, 3.63) is 41.0 Å². The average molecular weight is 243 g/mol. The Labute approximate surface area is 107 Å². The summed E-state index contributed by atoms with van der Waals surface area (Å²) in [5, 5.41) is 0. The van der Waals surface area contributed by atoms with E-state index >= 15 is 0 Å². The minimum Gasteiger partial charge on any atom is -0.331 e. The lowest BCUT2D eigenvalue weighted by molar-refractivity contribution is 0.0661. The van der Waals surface area contributed by atoms with Crippen molar-refractivity contribution in [2.45, 2.75) is 32.9 Å². The van der Waals surface area contributed by atoms with Gasteiger partial charge in [-0.25, -0.2) is 4.98 Å². The van der Waals surface area contributed by atoms with Crippen LogP contribution in [0.2, 0.25) is 0 Å². The Balaban J connectivity index is 2.21. The highest BCUT2D eigenvalue weighted by Gasteiger charge is 2.40. The summed E-state index contributed by atoms with van der Waals surface area (Å²) in [4.78, 5) is 18.6. The molecule has 2 atom stereocenters. The second-order valence-electron chi connectivity index (χ2n) is 5.16. The van der Waals surface area contributed by atoms with Gasteiger partial charge in [-0.3, -0.25) is 4.79 Å². The van der Waals surface area contributed by atoms with Crippen molar-refractivity contribution in [1.29, 1.82) is 0 Å². The molecule has 3 rings (SSSR count). The molecule has 1 aliphatic carbocycles. The molecule has 1 aliphatic heterocycles. The lowest BCUT2D eigenvalue weighted by atomic mass is 9.87. The van der Waals surface area contributed by atoms with Crippen molar-refractivity contribution >= 4 is 5.91 Å². The van der Waals surface area contributed by atoms with Crippen molar-refractivity contribution in [1.82, 2.24) is 14.5 Å². The third kappa shape index (κ3) is 1.26. The van der Waals surface area contributed by atoms with Crippen LogP contribution in [0.3, 0.4) is 0 Å². The highest BCUT2D eigenvalue weighted by Crippen LogP contribution is 2.36. The number of carbonyl (C=O) groups is 1. The van der Waals surface area contributed by atoms with Gasteiger partial charge < -0.3 is 9.47 Å².